The number of benzene rings is 2. The smallest absolute Gasteiger partial charge is 0.394 e. The van der Waals surface area contributed by atoms with E-state index in [-0.39, 0.29) is 11.8 Å². The molecule has 1 aromatic heterocycles. The molecule has 2 aromatic carbocycles. The molecule has 1 aliphatic heterocycles. The molecule has 1 amide bonds. The second kappa shape index (κ2) is 8.06. The molecule has 2 heterocycles. The Morgan fingerprint density at radius 2 is 1.93 bits per heavy atom. The highest BCUT2D eigenvalue weighted by molar-refractivity contribution is 5.98. The lowest BCUT2D eigenvalue weighted by Gasteiger charge is -2.19. The maximum absolute atomic E-state index is 13.9. The van der Waals surface area contributed by atoms with Gasteiger partial charge in [0.05, 0.1) is 37.7 Å². The predicted molar refractivity (Wildman–Crippen MR) is 105 cm³/mol. The van der Waals surface area contributed by atoms with Gasteiger partial charge in [-0.15, -0.1) is 0 Å². The van der Waals surface area contributed by atoms with Crippen molar-refractivity contribution in [3.8, 4) is 22.6 Å². The summed E-state index contributed by atoms with van der Waals surface area (Å²) in [6.07, 6.45) is -5.77. The van der Waals surface area contributed by atoms with Gasteiger partial charge in [0.2, 0.25) is 0 Å². The Labute approximate surface area is 191 Å². The molecule has 0 bridgehead atoms. The standard InChI is InChI=1S/C22H19F2N3O3/c1-22(23,24)30-17-6-3-15(4-7-17)16-5-8-19-18(13-16)21(28)27(11-12-29-19)14-20-25-9-2-10-26-20/h2-10,13H,11-12,14H2,1H3/i2D,3D,4D,5D,6D,7D,8D,9D,10D,11D2,13D,14D2. The summed E-state index contributed by atoms with van der Waals surface area (Å²) in [6, 6.07) is -8.37. The van der Waals surface area contributed by atoms with Gasteiger partial charge in [-0.05, 0) is 41.3 Å². The Morgan fingerprint density at radius 1 is 1.23 bits per heavy atom. The lowest BCUT2D eigenvalue weighted by Crippen LogP contribution is -2.32. The molecule has 154 valence electrons. The van der Waals surface area contributed by atoms with Gasteiger partial charge in [-0.3, -0.25) is 4.79 Å². The van der Waals surface area contributed by atoms with Crippen LogP contribution < -0.4 is 9.47 Å². The average molecular weight is 425 g/mol. The Hall–Kier alpha value is -3.55. The minimum Gasteiger partial charge on any atom is -0.491 e. The van der Waals surface area contributed by atoms with E-state index >= 15 is 0 Å². The third-order valence-corrected chi connectivity index (χ3v) is 3.41. The van der Waals surface area contributed by atoms with Crippen LogP contribution in [-0.2, 0) is 6.50 Å². The van der Waals surface area contributed by atoms with Crippen LogP contribution >= 0.6 is 0 Å². The molecule has 1 aliphatic rings. The quantitative estimate of drug-likeness (QED) is 0.614. The van der Waals surface area contributed by atoms with E-state index in [2.05, 4.69) is 14.7 Å². The normalized spacial score (nSPS) is 22.8. The van der Waals surface area contributed by atoms with Crippen LogP contribution in [0.25, 0.3) is 11.1 Å². The van der Waals surface area contributed by atoms with Crippen molar-refractivity contribution in [3.63, 3.8) is 0 Å². The van der Waals surface area contributed by atoms with Crippen LogP contribution in [0.5, 0.6) is 11.5 Å². The molecular weight excluding hydrogens is 392 g/mol. The highest BCUT2D eigenvalue weighted by Crippen LogP contribution is 2.31. The van der Waals surface area contributed by atoms with Crippen LogP contribution in [0.2, 0.25) is 0 Å². The molecule has 4 rings (SSSR count). The number of halogens is 2. The van der Waals surface area contributed by atoms with Gasteiger partial charge in [0.1, 0.15) is 23.9 Å². The first-order valence-electron chi connectivity index (χ1n) is 15.2. The summed E-state index contributed by atoms with van der Waals surface area (Å²) in [4.78, 5) is 20.7. The van der Waals surface area contributed by atoms with Crippen molar-refractivity contribution < 1.29 is 42.2 Å². The molecule has 0 saturated heterocycles. The number of alkyl halides is 2. The summed E-state index contributed by atoms with van der Waals surface area (Å²) in [5.74, 6) is -4.79. The number of hydrogen-bond acceptors (Lipinski definition) is 5. The Balaban J connectivity index is 2.03. The molecule has 0 spiro atoms. The van der Waals surface area contributed by atoms with Crippen molar-refractivity contribution in [1.29, 1.82) is 0 Å². The van der Waals surface area contributed by atoms with Crippen molar-refractivity contribution in [1.82, 2.24) is 14.9 Å². The van der Waals surface area contributed by atoms with E-state index in [0.717, 1.165) is 0 Å². The lowest BCUT2D eigenvalue weighted by atomic mass is 10.0. The minimum absolute atomic E-state index is 0.121. The second-order valence-corrected chi connectivity index (χ2v) is 5.66. The van der Waals surface area contributed by atoms with Crippen LogP contribution in [0, 0.1) is 0 Å². The summed E-state index contributed by atoms with van der Waals surface area (Å²) in [5.41, 5.74) is -2.81. The molecule has 0 atom stereocenters. The number of carbonyl (C=O) groups excluding carboxylic acids is 1. The number of rotatable bonds is 5. The third-order valence-electron chi connectivity index (χ3n) is 3.41. The molecule has 0 unspecified atom stereocenters. The number of ether oxygens (including phenoxy) is 2. The second-order valence-electron chi connectivity index (χ2n) is 5.66. The average Bonchev–Trinajstić information content (AvgIpc) is 3.01. The van der Waals surface area contributed by atoms with Crippen molar-refractivity contribution in [2.45, 2.75) is 19.5 Å². The predicted octanol–water partition coefficient (Wildman–Crippen LogP) is 4.17. The monoisotopic (exact) mass is 425 g/mol. The maximum Gasteiger partial charge on any atom is 0.394 e. The molecule has 3 aromatic rings. The molecular formula is C22H19F2N3O3. The van der Waals surface area contributed by atoms with Crippen LogP contribution in [-0.4, -0.2) is 40.0 Å². The van der Waals surface area contributed by atoms with Gasteiger partial charge < -0.3 is 14.4 Å². The lowest BCUT2D eigenvalue weighted by molar-refractivity contribution is -0.158. The SMILES string of the molecule is [2H]c1nc(C([2H])([2H])N2C(=O)c3c([2H])c(-c4c([2H])c([2H])c(OC(C)(F)F)c([2H])c4[2H])c([2H])c([2H])c3OCC2([2H])[2H])nc([2H])c1[2H]. The first kappa shape index (κ1) is 9.07. The van der Waals surface area contributed by atoms with E-state index in [4.69, 9.17) is 23.9 Å². The van der Waals surface area contributed by atoms with Crippen LogP contribution in [0.15, 0.2) is 60.7 Å². The van der Waals surface area contributed by atoms with E-state index in [1.165, 1.54) is 0 Å². The summed E-state index contributed by atoms with van der Waals surface area (Å²) < 4.78 is 152. The van der Waals surface area contributed by atoms with Crippen LogP contribution in [0.1, 0.15) is 42.3 Å². The molecule has 0 aliphatic carbocycles. The molecule has 8 heteroatoms. The highest BCUT2D eigenvalue weighted by atomic mass is 19.3. The van der Waals surface area contributed by atoms with Crippen LogP contribution in [0.4, 0.5) is 8.78 Å². The van der Waals surface area contributed by atoms with Gasteiger partial charge in [0.15, 0.2) is 0 Å². The van der Waals surface area contributed by atoms with Gasteiger partial charge in [-0.25, -0.2) is 9.97 Å². The van der Waals surface area contributed by atoms with Gasteiger partial charge in [-0.2, -0.15) is 8.78 Å². The maximum atomic E-state index is 13.9. The van der Waals surface area contributed by atoms with Crippen molar-refractivity contribution in [2.75, 3.05) is 13.1 Å². The first-order chi connectivity index (χ1) is 20.0. The first-order valence-corrected chi connectivity index (χ1v) is 8.15. The fourth-order valence-electron chi connectivity index (χ4n) is 2.24. The number of carbonyl (C=O) groups is 1. The van der Waals surface area contributed by atoms with E-state index in [1.54, 1.807) is 0 Å². The highest BCUT2D eigenvalue weighted by Gasteiger charge is 2.25. The topological polar surface area (TPSA) is 64.6 Å². The summed E-state index contributed by atoms with van der Waals surface area (Å²) in [7, 11) is 0. The fourth-order valence-corrected chi connectivity index (χ4v) is 2.24. The largest absolute Gasteiger partial charge is 0.491 e. The van der Waals surface area contributed by atoms with Crippen LogP contribution in [0.3, 0.4) is 0 Å². The summed E-state index contributed by atoms with van der Waals surface area (Å²) in [6.45, 7) is -7.39. The molecule has 0 saturated carbocycles. The van der Waals surface area contributed by atoms with E-state index in [1.807, 2.05) is 0 Å². The van der Waals surface area contributed by atoms with Crippen molar-refractivity contribution in [3.05, 3.63) is 72.1 Å². The third kappa shape index (κ3) is 4.53. The van der Waals surface area contributed by atoms with Gasteiger partial charge in [0.25, 0.3) is 5.91 Å². The molecule has 0 N–H and O–H groups in total. The van der Waals surface area contributed by atoms with Gasteiger partial charge in [0, 0.05) is 19.3 Å². The molecule has 6 nitrogen and oxygen atoms in total. The van der Waals surface area contributed by atoms with E-state index in [0.29, 0.717) is 0 Å². The summed E-state index contributed by atoms with van der Waals surface area (Å²) in [5, 5.41) is 0. The molecule has 0 radical (unpaired) electrons. The van der Waals surface area contributed by atoms with E-state index in [9.17, 15) is 13.6 Å². The molecule has 0 fully saturated rings. The molecule has 30 heavy (non-hydrogen) atoms. The zero-order valence-electron chi connectivity index (χ0n) is 29.0. The van der Waals surface area contributed by atoms with E-state index < -0.39 is 126 Å². The zero-order chi connectivity index (χ0) is 33.4. The fraction of sp³-hybridized carbons (Fsp3) is 0.227. The summed E-state index contributed by atoms with van der Waals surface area (Å²) >= 11 is 0. The minimum atomic E-state index is -3.93. The van der Waals surface area contributed by atoms with Gasteiger partial charge in [-0.1, -0.05) is 18.1 Å². The number of nitrogens with zero attached hydrogens (tertiary/aromatic N) is 3. The zero-order valence-corrected chi connectivity index (χ0v) is 15.0. The number of fused-ring (bicyclic) bond motifs is 1. The number of aromatic nitrogens is 2. The van der Waals surface area contributed by atoms with Gasteiger partial charge >= 0.3 is 6.11 Å². The Kier molecular flexibility index (Phi) is 2.44. The number of hydrogen-bond donors (Lipinski definition) is 0. The van der Waals surface area contributed by atoms with Crippen molar-refractivity contribution in [2.24, 2.45) is 0 Å². The number of amides is 1. The Bertz CT molecular complexity index is 1680. The Morgan fingerprint density at radius 3 is 2.63 bits per heavy atom. The van der Waals surface area contributed by atoms with Crippen molar-refractivity contribution >= 4 is 5.91 Å².